The summed E-state index contributed by atoms with van der Waals surface area (Å²) in [6.07, 6.45) is 1.78. The van der Waals surface area contributed by atoms with Crippen LogP contribution in [0.4, 0.5) is 4.39 Å². The number of aryl methyl sites for hydroxylation is 1. The molecule has 128 valence electrons. The van der Waals surface area contributed by atoms with Crippen LogP contribution in [0.15, 0.2) is 34.2 Å². The van der Waals surface area contributed by atoms with Gasteiger partial charge in [-0.2, -0.15) is 0 Å². The smallest absolute Gasteiger partial charge is 0.340 e. The lowest BCUT2D eigenvalue weighted by molar-refractivity contribution is 0.0600. The average Bonchev–Trinajstić information content (AvgIpc) is 2.60. The van der Waals surface area contributed by atoms with Crippen molar-refractivity contribution in [2.24, 2.45) is 0 Å². The van der Waals surface area contributed by atoms with Crippen LogP contribution in [-0.4, -0.2) is 34.3 Å². The van der Waals surface area contributed by atoms with Crippen molar-refractivity contribution < 1.29 is 13.9 Å². The van der Waals surface area contributed by atoms with Crippen LogP contribution in [-0.2, 0) is 4.74 Å². The van der Waals surface area contributed by atoms with E-state index in [1.807, 2.05) is 0 Å². The summed E-state index contributed by atoms with van der Waals surface area (Å²) in [5.74, 6) is -1.05. The zero-order chi connectivity index (χ0) is 18.1. The van der Waals surface area contributed by atoms with Crippen LogP contribution in [0.2, 0.25) is 0 Å². The number of rotatable bonds is 3. The van der Waals surface area contributed by atoms with Crippen molar-refractivity contribution in [1.82, 2.24) is 15.0 Å². The molecule has 1 N–H and O–H groups in total. The Labute approximate surface area is 146 Å². The van der Waals surface area contributed by atoms with Crippen LogP contribution >= 0.6 is 11.8 Å². The van der Waals surface area contributed by atoms with Gasteiger partial charge in [0, 0.05) is 5.56 Å². The van der Waals surface area contributed by atoms with Gasteiger partial charge in [0.2, 0.25) is 0 Å². The van der Waals surface area contributed by atoms with Crippen molar-refractivity contribution in [3.63, 3.8) is 0 Å². The van der Waals surface area contributed by atoms with Gasteiger partial charge in [0.25, 0.3) is 5.56 Å². The second-order valence-corrected chi connectivity index (χ2v) is 6.01. The molecular weight excluding hydrogens is 345 g/mol. The molecular formula is C17H14FN3O3S. The molecule has 0 fully saturated rings. The zero-order valence-electron chi connectivity index (χ0n) is 13.7. The molecule has 0 spiro atoms. The van der Waals surface area contributed by atoms with E-state index in [9.17, 15) is 14.0 Å². The van der Waals surface area contributed by atoms with Crippen molar-refractivity contribution in [2.75, 3.05) is 13.4 Å². The Bertz CT molecular complexity index is 1030. The van der Waals surface area contributed by atoms with Crippen LogP contribution in [0.25, 0.3) is 22.2 Å². The zero-order valence-corrected chi connectivity index (χ0v) is 14.5. The van der Waals surface area contributed by atoms with Gasteiger partial charge in [-0.1, -0.05) is 23.9 Å². The Morgan fingerprint density at radius 3 is 2.52 bits per heavy atom. The van der Waals surface area contributed by atoms with Crippen LogP contribution in [0.3, 0.4) is 0 Å². The number of benzene rings is 1. The highest BCUT2D eigenvalue weighted by Crippen LogP contribution is 2.31. The summed E-state index contributed by atoms with van der Waals surface area (Å²) in [5.41, 5.74) is 1.16. The Hall–Kier alpha value is -2.74. The molecule has 0 aliphatic carbocycles. The maximum absolute atomic E-state index is 13.3. The molecule has 0 bridgehead atoms. The molecule has 0 saturated carbocycles. The molecule has 3 aromatic rings. The molecule has 0 aliphatic rings. The van der Waals surface area contributed by atoms with E-state index < -0.39 is 17.3 Å². The highest BCUT2D eigenvalue weighted by molar-refractivity contribution is 7.98. The maximum atomic E-state index is 13.3. The first-order valence-corrected chi connectivity index (χ1v) is 8.51. The molecule has 0 radical (unpaired) electrons. The average molecular weight is 359 g/mol. The minimum absolute atomic E-state index is 0.158. The first kappa shape index (κ1) is 17.1. The van der Waals surface area contributed by atoms with E-state index >= 15 is 0 Å². The molecule has 0 amide bonds. The van der Waals surface area contributed by atoms with Gasteiger partial charge in [-0.3, -0.25) is 4.79 Å². The highest BCUT2D eigenvalue weighted by Gasteiger charge is 2.23. The molecule has 0 saturated heterocycles. The van der Waals surface area contributed by atoms with Crippen LogP contribution in [0, 0.1) is 12.7 Å². The predicted molar refractivity (Wildman–Crippen MR) is 93.4 cm³/mol. The second kappa shape index (κ2) is 6.64. The van der Waals surface area contributed by atoms with Gasteiger partial charge in [0.1, 0.15) is 5.82 Å². The van der Waals surface area contributed by atoms with Crippen molar-refractivity contribution in [2.45, 2.75) is 12.1 Å². The summed E-state index contributed by atoms with van der Waals surface area (Å²) in [6.45, 7) is 1.64. The number of methoxy groups -OCH3 is 1. The van der Waals surface area contributed by atoms with Gasteiger partial charge in [0.05, 0.1) is 23.8 Å². The molecule has 2 aromatic heterocycles. The summed E-state index contributed by atoms with van der Waals surface area (Å²) in [5, 5.41) is 0.579. The number of esters is 1. The number of hydrogen-bond donors (Lipinski definition) is 1. The lowest BCUT2D eigenvalue weighted by atomic mass is 9.96. The molecule has 0 atom stereocenters. The van der Waals surface area contributed by atoms with Crippen molar-refractivity contribution in [3.05, 3.63) is 51.7 Å². The first-order valence-electron chi connectivity index (χ1n) is 7.29. The molecule has 2 heterocycles. The lowest BCUT2D eigenvalue weighted by Crippen LogP contribution is -2.16. The van der Waals surface area contributed by atoms with E-state index in [1.54, 1.807) is 13.2 Å². The summed E-state index contributed by atoms with van der Waals surface area (Å²) in [6, 6.07) is 5.52. The lowest BCUT2D eigenvalue weighted by Gasteiger charge is -2.13. The van der Waals surface area contributed by atoms with Crippen molar-refractivity contribution in [3.8, 4) is 11.1 Å². The third-order valence-corrected chi connectivity index (χ3v) is 4.31. The number of nitrogens with zero attached hydrogens (tertiary/aromatic N) is 2. The Morgan fingerprint density at radius 2 is 1.92 bits per heavy atom. The number of H-pyrrole nitrogens is 1. The van der Waals surface area contributed by atoms with Gasteiger partial charge in [-0.05, 0) is 30.9 Å². The van der Waals surface area contributed by atoms with Gasteiger partial charge < -0.3 is 9.72 Å². The first-order chi connectivity index (χ1) is 12.0. The van der Waals surface area contributed by atoms with Gasteiger partial charge >= 0.3 is 5.97 Å². The summed E-state index contributed by atoms with van der Waals surface area (Å²) >= 11 is 1.27. The number of thioether (sulfide) groups is 1. The fourth-order valence-electron chi connectivity index (χ4n) is 2.62. The van der Waals surface area contributed by atoms with E-state index in [2.05, 4.69) is 15.0 Å². The van der Waals surface area contributed by atoms with Crippen LogP contribution in [0.5, 0.6) is 0 Å². The minimum Gasteiger partial charge on any atom is -0.465 e. The molecule has 8 heteroatoms. The number of carbonyl (C=O) groups is 1. The predicted octanol–water partition coefficient (Wildman–Crippen LogP) is 2.94. The fraction of sp³-hybridized carbons (Fsp3) is 0.176. The number of aromatic nitrogens is 3. The van der Waals surface area contributed by atoms with Crippen molar-refractivity contribution >= 4 is 28.8 Å². The van der Waals surface area contributed by atoms with E-state index in [0.717, 1.165) is 0 Å². The molecule has 0 aliphatic heterocycles. The van der Waals surface area contributed by atoms with Gasteiger partial charge in [-0.15, -0.1) is 0 Å². The molecule has 3 rings (SSSR count). The molecule has 6 nitrogen and oxygen atoms in total. The number of ether oxygens (including phenoxy) is 1. The summed E-state index contributed by atoms with van der Waals surface area (Å²) in [4.78, 5) is 36.2. The number of nitrogens with one attached hydrogen (secondary N) is 1. The third-order valence-electron chi connectivity index (χ3n) is 3.73. The van der Waals surface area contributed by atoms with Crippen molar-refractivity contribution in [1.29, 1.82) is 0 Å². The Kier molecular flexibility index (Phi) is 4.54. The third kappa shape index (κ3) is 3.00. The number of fused-ring (bicyclic) bond motifs is 1. The topological polar surface area (TPSA) is 84.9 Å². The number of pyridine rings is 1. The Morgan fingerprint density at radius 1 is 1.24 bits per heavy atom. The van der Waals surface area contributed by atoms with Gasteiger partial charge in [0.15, 0.2) is 10.8 Å². The summed E-state index contributed by atoms with van der Waals surface area (Å²) in [7, 11) is 1.25. The van der Waals surface area contributed by atoms with E-state index in [1.165, 1.54) is 43.1 Å². The maximum Gasteiger partial charge on any atom is 0.340 e. The normalized spacial score (nSPS) is 10.9. The number of carbonyl (C=O) groups excluding carboxylic acids is 1. The largest absolute Gasteiger partial charge is 0.465 e. The van der Waals surface area contributed by atoms with Crippen LogP contribution in [0.1, 0.15) is 16.1 Å². The monoisotopic (exact) mass is 359 g/mol. The fourth-order valence-corrected chi connectivity index (χ4v) is 2.99. The summed E-state index contributed by atoms with van der Waals surface area (Å²) < 4.78 is 18.2. The van der Waals surface area contributed by atoms with Gasteiger partial charge in [-0.25, -0.2) is 19.2 Å². The second-order valence-electron chi connectivity index (χ2n) is 5.22. The van der Waals surface area contributed by atoms with E-state index in [4.69, 9.17) is 4.74 Å². The number of halogens is 1. The number of hydrogen-bond acceptors (Lipinski definition) is 6. The molecule has 25 heavy (non-hydrogen) atoms. The van der Waals surface area contributed by atoms with Crippen LogP contribution < -0.4 is 5.56 Å². The Balaban J connectivity index is 2.50. The quantitative estimate of drug-likeness (QED) is 0.440. The number of aromatic amines is 1. The van der Waals surface area contributed by atoms with E-state index in [-0.39, 0.29) is 16.6 Å². The minimum atomic E-state index is -0.625. The molecule has 1 aromatic carbocycles. The highest BCUT2D eigenvalue weighted by atomic mass is 32.2. The SMILES string of the molecule is COC(=O)c1c(C)nc2nc(SC)[nH]c(=O)c2c1-c1ccc(F)cc1. The van der Waals surface area contributed by atoms with E-state index in [0.29, 0.717) is 22.0 Å². The molecule has 0 unspecified atom stereocenters. The standard InChI is InChI=1S/C17H14FN3O3S/c1-8-11(16(23)24-2)12(9-4-6-10(18)7-5-9)13-14(19-8)20-17(25-3)21-15(13)22/h4-7H,1-3H3,(H,19,20,21,22).